The number of likely N-dealkylation sites (tertiary alicyclic amines) is 1. The van der Waals surface area contributed by atoms with Gasteiger partial charge in [0, 0.05) is 18.7 Å². The number of nitrogens with one attached hydrogen (secondary N) is 1. The molecule has 1 N–H and O–H groups in total. The number of hydrogen-bond donors (Lipinski definition) is 1. The van der Waals surface area contributed by atoms with Crippen LogP contribution in [0.5, 0.6) is 0 Å². The van der Waals surface area contributed by atoms with Crippen molar-refractivity contribution in [2.24, 2.45) is 0 Å². The van der Waals surface area contributed by atoms with E-state index in [0.717, 1.165) is 31.4 Å². The van der Waals surface area contributed by atoms with Gasteiger partial charge in [-0.3, -0.25) is 9.59 Å². The van der Waals surface area contributed by atoms with E-state index in [2.05, 4.69) is 5.32 Å². The molecule has 0 saturated carbocycles. The maximum absolute atomic E-state index is 11.8. The molecule has 96 valence electrons. The molecule has 1 aliphatic rings. The molecule has 1 saturated heterocycles. The molecular formula is C14H18N2O2. The summed E-state index contributed by atoms with van der Waals surface area (Å²) in [6.07, 6.45) is 2.89. The number of benzene rings is 1. The van der Waals surface area contributed by atoms with Crippen molar-refractivity contribution in [3.05, 3.63) is 35.4 Å². The number of hydrogen-bond acceptors (Lipinski definition) is 2. The van der Waals surface area contributed by atoms with Crippen LogP contribution in [0.1, 0.15) is 41.7 Å². The van der Waals surface area contributed by atoms with Gasteiger partial charge in [-0.05, 0) is 37.5 Å². The van der Waals surface area contributed by atoms with Gasteiger partial charge in [0.2, 0.25) is 6.41 Å². The van der Waals surface area contributed by atoms with Crippen molar-refractivity contribution in [3.63, 3.8) is 0 Å². The van der Waals surface area contributed by atoms with Crippen molar-refractivity contribution in [1.82, 2.24) is 10.2 Å². The monoisotopic (exact) mass is 246 g/mol. The first kappa shape index (κ1) is 12.6. The molecule has 0 spiro atoms. The molecule has 0 bridgehead atoms. The minimum atomic E-state index is -0.0602. The van der Waals surface area contributed by atoms with E-state index in [1.165, 1.54) is 0 Å². The molecule has 4 nitrogen and oxygen atoms in total. The Labute approximate surface area is 107 Å². The van der Waals surface area contributed by atoms with Crippen LogP contribution in [0.3, 0.4) is 0 Å². The molecule has 0 radical (unpaired) electrons. The standard InChI is InChI=1S/C14H18N2O2/c1-2-15-14(18)12-6-3-5-11(9-12)13-7-4-8-16(13)10-17/h3,5-6,9-10,13H,2,4,7-8H2,1H3,(H,15,18). The summed E-state index contributed by atoms with van der Waals surface area (Å²) in [5, 5.41) is 2.78. The Morgan fingerprint density at radius 3 is 3.11 bits per heavy atom. The van der Waals surface area contributed by atoms with Crippen LogP contribution in [0.15, 0.2) is 24.3 Å². The highest BCUT2D eigenvalue weighted by molar-refractivity contribution is 5.94. The zero-order valence-corrected chi connectivity index (χ0v) is 10.6. The third-order valence-corrected chi connectivity index (χ3v) is 3.30. The lowest BCUT2D eigenvalue weighted by Crippen LogP contribution is -2.24. The fourth-order valence-electron chi connectivity index (χ4n) is 2.42. The van der Waals surface area contributed by atoms with Gasteiger partial charge in [0.1, 0.15) is 0 Å². The average Bonchev–Trinajstić information content (AvgIpc) is 2.87. The fraction of sp³-hybridized carbons (Fsp3) is 0.429. The zero-order chi connectivity index (χ0) is 13.0. The molecule has 0 aliphatic carbocycles. The van der Waals surface area contributed by atoms with Gasteiger partial charge in [-0.25, -0.2) is 0 Å². The van der Waals surface area contributed by atoms with Crippen molar-refractivity contribution < 1.29 is 9.59 Å². The lowest BCUT2D eigenvalue weighted by molar-refractivity contribution is -0.118. The molecule has 1 fully saturated rings. The molecule has 2 amide bonds. The maximum Gasteiger partial charge on any atom is 0.251 e. The molecule has 1 aliphatic heterocycles. The molecule has 1 atom stereocenters. The molecule has 4 heteroatoms. The second-order valence-corrected chi connectivity index (χ2v) is 4.49. The summed E-state index contributed by atoms with van der Waals surface area (Å²) >= 11 is 0. The van der Waals surface area contributed by atoms with Crippen LogP contribution < -0.4 is 5.32 Å². The first-order valence-electron chi connectivity index (χ1n) is 6.35. The van der Waals surface area contributed by atoms with Gasteiger partial charge in [-0.2, -0.15) is 0 Å². The van der Waals surface area contributed by atoms with E-state index in [1.807, 2.05) is 25.1 Å². The SMILES string of the molecule is CCNC(=O)c1cccc(C2CCCN2C=O)c1. The van der Waals surface area contributed by atoms with Crippen LogP contribution in [0.2, 0.25) is 0 Å². The molecule has 2 rings (SSSR count). The van der Waals surface area contributed by atoms with Crippen LogP contribution >= 0.6 is 0 Å². The summed E-state index contributed by atoms with van der Waals surface area (Å²) in [4.78, 5) is 24.5. The number of rotatable bonds is 4. The number of nitrogens with zero attached hydrogens (tertiary/aromatic N) is 1. The molecule has 1 unspecified atom stereocenters. The van der Waals surface area contributed by atoms with Crippen molar-refractivity contribution in [3.8, 4) is 0 Å². The Kier molecular flexibility index (Phi) is 3.97. The van der Waals surface area contributed by atoms with Gasteiger partial charge in [-0.1, -0.05) is 12.1 Å². The Morgan fingerprint density at radius 1 is 1.56 bits per heavy atom. The summed E-state index contributed by atoms with van der Waals surface area (Å²) in [6, 6.07) is 7.67. The molecule has 1 aromatic rings. The van der Waals surface area contributed by atoms with E-state index in [0.29, 0.717) is 12.1 Å². The van der Waals surface area contributed by atoms with Gasteiger partial charge in [0.15, 0.2) is 0 Å². The van der Waals surface area contributed by atoms with Crippen LogP contribution in [-0.2, 0) is 4.79 Å². The highest BCUT2D eigenvalue weighted by Crippen LogP contribution is 2.30. The molecule has 18 heavy (non-hydrogen) atoms. The van der Waals surface area contributed by atoms with Gasteiger partial charge < -0.3 is 10.2 Å². The van der Waals surface area contributed by atoms with Gasteiger partial charge in [0.05, 0.1) is 6.04 Å². The van der Waals surface area contributed by atoms with Crippen LogP contribution in [-0.4, -0.2) is 30.3 Å². The highest BCUT2D eigenvalue weighted by atomic mass is 16.1. The van der Waals surface area contributed by atoms with E-state index in [1.54, 1.807) is 11.0 Å². The summed E-state index contributed by atoms with van der Waals surface area (Å²) in [5.74, 6) is -0.0602. The van der Waals surface area contributed by atoms with Crippen molar-refractivity contribution >= 4 is 12.3 Å². The first-order chi connectivity index (χ1) is 8.76. The van der Waals surface area contributed by atoms with Gasteiger partial charge in [0.25, 0.3) is 5.91 Å². The van der Waals surface area contributed by atoms with E-state index in [4.69, 9.17) is 0 Å². The Hall–Kier alpha value is -1.84. The Bertz CT molecular complexity index is 445. The summed E-state index contributed by atoms with van der Waals surface area (Å²) in [6.45, 7) is 3.32. The predicted molar refractivity (Wildman–Crippen MR) is 69.2 cm³/mol. The quantitative estimate of drug-likeness (QED) is 0.822. The average molecular weight is 246 g/mol. The predicted octanol–water partition coefficient (Wildman–Crippen LogP) is 1.73. The van der Waals surface area contributed by atoms with Gasteiger partial charge >= 0.3 is 0 Å². The van der Waals surface area contributed by atoms with E-state index in [-0.39, 0.29) is 11.9 Å². The fourth-order valence-corrected chi connectivity index (χ4v) is 2.42. The van der Waals surface area contributed by atoms with Crippen LogP contribution in [0.4, 0.5) is 0 Å². The first-order valence-corrected chi connectivity index (χ1v) is 6.35. The van der Waals surface area contributed by atoms with Crippen molar-refractivity contribution in [1.29, 1.82) is 0 Å². The minimum Gasteiger partial charge on any atom is -0.352 e. The summed E-state index contributed by atoms with van der Waals surface area (Å²) < 4.78 is 0. The van der Waals surface area contributed by atoms with Gasteiger partial charge in [-0.15, -0.1) is 0 Å². The largest absolute Gasteiger partial charge is 0.352 e. The minimum absolute atomic E-state index is 0.0602. The van der Waals surface area contributed by atoms with E-state index >= 15 is 0 Å². The maximum atomic E-state index is 11.8. The number of amides is 2. The highest BCUT2D eigenvalue weighted by Gasteiger charge is 2.24. The van der Waals surface area contributed by atoms with E-state index < -0.39 is 0 Å². The molecule has 1 aromatic carbocycles. The lowest BCUT2D eigenvalue weighted by atomic mass is 10.0. The summed E-state index contributed by atoms with van der Waals surface area (Å²) in [5.41, 5.74) is 1.70. The van der Waals surface area contributed by atoms with E-state index in [9.17, 15) is 9.59 Å². The second-order valence-electron chi connectivity index (χ2n) is 4.49. The van der Waals surface area contributed by atoms with Crippen molar-refractivity contribution in [2.75, 3.05) is 13.1 Å². The Morgan fingerprint density at radius 2 is 2.39 bits per heavy atom. The second kappa shape index (κ2) is 5.67. The topological polar surface area (TPSA) is 49.4 Å². The summed E-state index contributed by atoms with van der Waals surface area (Å²) in [7, 11) is 0. The normalized spacial score (nSPS) is 18.7. The van der Waals surface area contributed by atoms with Crippen molar-refractivity contribution in [2.45, 2.75) is 25.8 Å². The number of carbonyl (C=O) groups is 2. The number of carbonyl (C=O) groups excluding carboxylic acids is 2. The van der Waals surface area contributed by atoms with Crippen LogP contribution in [0.25, 0.3) is 0 Å². The third kappa shape index (κ3) is 2.53. The molecule has 1 heterocycles. The zero-order valence-electron chi connectivity index (χ0n) is 10.6. The third-order valence-electron chi connectivity index (χ3n) is 3.30. The molecular weight excluding hydrogens is 228 g/mol. The lowest BCUT2D eigenvalue weighted by Gasteiger charge is -2.20. The molecule has 0 aromatic heterocycles. The Balaban J connectivity index is 2.21. The van der Waals surface area contributed by atoms with Crippen LogP contribution in [0, 0.1) is 0 Å². The smallest absolute Gasteiger partial charge is 0.251 e.